The van der Waals surface area contributed by atoms with E-state index in [1.54, 1.807) is 97.0 Å². The first-order valence-electron chi connectivity index (χ1n) is 31.6. The van der Waals surface area contributed by atoms with Crippen molar-refractivity contribution in [3.8, 4) is 51.7 Å². The van der Waals surface area contributed by atoms with E-state index in [1.807, 2.05) is 11.8 Å². The number of carbonyl (C=O) groups is 3. The van der Waals surface area contributed by atoms with Crippen LogP contribution in [0, 0.1) is 18.2 Å². The molecule has 566 valence electrons. The van der Waals surface area contributed by atoms with E-state index in [4.69, 9.17) is 129 Å². The molecule has 0 radical (unpaired) electrons. The summed E-state index contributed by atoms with van der Waals surface area (Å²) in [5, 5.41) is 16.6. The summed E-state index contributed by atoms with van der Waals surface area (Å²) in [5.41, 5.74) is 7.69. The van der Waals surface area contributed by atoms with E-state index >= 15 is 0 Å². The largest absolute Gasteiger partial charge is 0.505 e. The Hall–Kier alpha value is -9.34. The molecule has 3 atom stereocenters. The van der Waals surface area contributed by atoms with Crippen LogP contribution in [-0.4, -0.2) is 227 Å². The maximum absolute atomic E-state index is 14.7. The lowest BCUT2D eigenvalue weighted by Gasteiger charge is -2.33. The van der Waals surface area contributed by atoms with Gasteiger partial charge in [-0.05, 0) is 152 Å². The van der Waals surface area contributed by atoms with Crippen LogP contribution in [0.2, 0.25) is 36.5 Å². The minimum absolute atomic E-state index is 0.0262. The summed E-state index contributed by atoms with van der Waals surface area (Å²) in [5.74, 6) is -0.661. The predicted molar refractivity (Wildman–Crippen MR) is 405 cm³/mol. The van der Waals surface area contributed by atoms with Crippen molar-refractivity contribution in [3.63, 3.8) is 0 Å². The topological polar surface area (TPSA) is 347 Å². The normalized spacial score (nSPS) is 15.0. The number of phenols is 1. The number of nitrogens with zero attached hydrogens (tertiary/aromatic N) is 20. The van der Waals surface area contributed by atoms with Crippen LogP contribution < -0.4 is 25.6 Å². The van der Waals surface area contributed by atoms with Crippen LogP contribution >= 0.6 is 92.8 Å². The summed E-state index contributed by atoms with van der Waals surface area (Å²) in [4.78, 5) is 98.9. The number of morpholine rings is 3. The number of pyridine rings is 4. The van der Waals surface area contributed by atoms with Crippen molar-refractivity contribution in [2.24, 2.45) is 10.8 Å². The van der Waals surface area contributed by atoms with E-state index in [9.17, 15) is 23.2 Å². The first-order chi connectivity index (χ1) is 50.9. The Labute approximate surface area is 654 Å². The standard InChI is InChI=1S/C22H22ClFN6O3.C13H13Cl2N5O.C9H10FNO2.C8H3Cl3N4.C8H9ClN2O.C5H11NO.C2H2ClN3/c1-13-12-32-9-8-30(13)21-26-19(15-5-7-18(23)25-11-15)27-22(28-21)33-17-6-4-14(10-16(17)24)20(31)29(2)3;1-8-7-21-5-4-20(8)13-18-11(17-12(15)19-13)9-2-3-10(14)16-6-9;1-11(2)9(13)6-3-4-8(12)7(10)5-6;9-5-2-1-4(3-12-5)6-13-7(10)15-8(11)14-6;1-11(2)8(12)6-3-4-7(9)10-5-6;1-5-4-7-3-2-6-5;1-5-6-2(3)4/h4-7,10-11,13H,8-9,12H2,1-3H3;2-3,6,8H,4-5,7H2,1H3;3-5,12H,1-2H3;1-3H;3-5H,1-2H3;5-6H,2-4H2,1H3;(H2,4,6)/t13-;8-;;;;5-;/m00...0./s1. The third-order valence-corrected chi connectivity index (χ3v) is 15.5. The number of aromatic hydroxyl groups is 1. The SMILES string of the molecule is CN(C)C(=O)c1ccc(Cl)nc1.CN(C)C(=O)c1ccc(O)c(F)c1.C[C@H]1COCCN1.C[C@H]1COCCN1c1nc(Cl)nc(-c2ccc(Cl)nc2)n1.C[C@H]1COCCN1c1nc(Oc2ccc(C(=O)N(C)C)cc2F)nc(-c2ccc(Cl)nc2)n1.Clc1ccc(-c2nc(Cl)nc(Cl)n2)cn1.[C-]#[N+]N=C(N)Cl. The highest BCUT2D eigenvalue weighted by Gasteiger charge is 2.26. The number of hydrogen-bond donors (Lipinski definition) is 3. The average Bonchev–Trinajstić information content (AvgIpc) is 0.815. The number of anilines is 2. The van der Waals surface area contributed by atoms with Gasteiger partial charge in [0, 0.05) is 121 Å². The highest BCUT2D eigenvalue weighted by Crippen LogP contribution is 2.30. The van der Waals surface area contributed by atoms with Crippen molar-refractivity contribution in [2.75, 3.05) is 111 Å². The fourth-order valence-corrected chi connectivity index (χ4v) is 9.75. The highest BCUT2D eigenvalue weighted by atomic mass is 35.5. The Bertz CT molecular complexity index is 4450. The lowest BCUT2D eigenvalue weighted by Crippen LogP contribution is -2.44. The van der Waals surface area contributed by atoms with Crippen molar-refractivity contribution in [1.29, 1.82) is 0 Å². The number of hydrogen-bond acceptors (Lipinski definition) is 25. The molecule has 10 heterocycles. The number of ether oxygens (including phenoxy) is 4. The van der Waals surface area contributed by atoms with Gasteiger partial charge in [0.25, 0.3) is 23.0 Å². The summed E-state index contributed by atoms with van der Waals surface area (Å²) in [6, 6.07) is 21.6. The lowest BCUT2D eigenvalue weighted by atomic mass is 10.2. The molecule has 0 spiro atoms. The van der Waals surface area contributed by atoms with E-state index < -0.39 is 17.4 Å². The van der Waals surface area contributed by atoms with Gasteiger partial charge in [-0.2, -0.15) is 51.4 Å². The van der Waals surface area contributed by atoms with Crippen LogP contribution in [0.3, 0.4) is 0 Å². The Morgan fingerprint density at radius 3 is 1.34 bits per heavy atom. The molecule has 40 heteroatoms. The molecule has 30 nitrogen and oxygen atoms in total. The maximum Gasteiger partial charge on any atom is 0.327 e. The van der Waals surface area contributed by atoms with Gasteiger partial charge in [0.2, 0.25) is 27.7 Å². The van der Waals surface area contributed by atoms with Gasteiger partial charge in [-0.15, -0.1) is 4.95 Å². The van der Waals surface area contributed by atoms with E-state index in [-0.39, 0.29) is 73.8 Å². The van der Waals surface area contributed by atoms with Crippen LogP contribution in [0.25, 0.3) is 39.1 Å². The third kappa shape index (κ3) is 28.7. The molecule has 3 fully saturated rings. The zero-order valence-electron chi connectivity index (χ0n) is 58.6. The number of nitrogens with one attached hydrogen (secondary N) is 1. The molecule has 0 aliphatic carbocycles. The van der Waals surface area contributed by atoms with Crippen molar-refractivity contribution in [2.45, 2.75) is 38.9 Å². The Morgan fingerprint density at radius 1 is 0.551 bits per heavy atom. The number of carbonyl (C=O) groups excluding carboxylic acids is 3. The molecule has 3 aliphatic rings. The molecule has 0 unspecified atom stereocenters. The smallest absolute Gasteiger partial charge is 0.327 e. The average molecular weight is 1630 g/mol. The number of halogens is 10. The molecule has 12 rings (SSSR count). The summed E-state index contributed by atoms with van der Waals surface area (Å²) in [7, 11) is 9.72. The second-order valence-corrected chi connectivity index (χ2v) is 25.8. The summed E-state index contributed by atoms with van der Waals surface area (Å²) < 4.78 is 49.2. The molecule has 107 heavy (non-hydrogen) atoms. The third-order valence-electron chi connectivity index (χ3n) is 14.0. The molecule has 4 N–H and O–H groups in total. The fraction of sp³-hybridized carbons (Fsp3) is 0.313. The van der Waals surface area contributed by atoms with E-state index in [0.29, 0.717) is 106 Å². The zero-order valence-corrected chi connectivity index (χ0v) is 64.6. The predicted octanol–water partition coefficient (Wildman–Crippen LogP) is 11.8. The van der Waals surface area contributed by atoms with Gasteiger partial charge in [0.05, 0.1) is 57.3 Å². The van der Waals surface area contributed by atoms with Gasteiger partial charge in [0.1, 0.15) is 25.7 Å². The number of aromatic nitrogens is 13. The van der Waals surface area contributed by atoms with Crippen LogP contribution in [0.4, 0.5) is 20.7 Å². The highest BCUT2D eigenvalue weighted by molar-refractivity contribution is 6.64. The quantitative estimate of drug-likeness (QED) is 0.0286. The number of amides is 3. The van der Waals surface area contributed by atoms with Crippen molar-refractivity contribution < 1.29 is 47.2 Å². The Morgan fingerprint density at radius 2 is 0.963 bits per heavy atom. The van der Waals surface area contributed by atoms with Gasteiger partial charge < -0.3 is 59.6 Å². The molecule has 0 bridgehead atoms. The van der Waals surface area contributed by atoms with Gasteiger partial charge in [-0.25, -0.2) is 28.7 Å². The molecular weight excluding hydrogens is 1560 g/mol. The molecule has 2 aromatic carbocycles. The first kappa shape index (κ1) is 86.6. The summed E-state index contributed by atoms with van der Waals surface area (Å²) >= 11 is 45.1. The Balaban J connectivity index is 0.000000210. The van der Waals surface area contributed by atoms with Crippen LogP contribution in [0.1, 0.15) is 51.8 Å². The second-order valence-electron chi connectivity index (χ2n) is 22.8. The molecule has 3 saturated heterocycles. The van der Waals surface area contributed by atoms with E-state index in [2.05, 4.69) is 98.9 Å². The second kappa shape index (κ2) is 43.5. The Kier molecular flexibility index (Phi) is 35.2. The minimum Gasteiger partial charge on any atom is -0.505 e. The van der Waals surface area contributed by atoms with Crippen molar-refractivity contribution in [1.82, 2.24) is 84.8 Å². The maximum atomic E-state index is 14.7. The molecule has 0 saturated carbocycles. The first-order valence-corrected chi connectivity index (χ1v) is 34.6. The fourth-order valence-electron chi connectivity index (χ4n) is 8.75. The molecule has 7 aromatic heterocycles. The van der Waals surface area contributed by atoms with Crippen molar-refractivity contribution >= 4 is 128 Å². The molecule has 3 aliphatic heterocycles. The zero-order chi connectivity index (χ0) is 78.4. The monoisotopic (exact) mass is 1630 g/mol. The van der Waals surface area contributed by atoms with Crippen LogP contribution in [-0.2, 0) is 14.2 Å². The number of phenolic OH excluding ortho intramolecular Hbond substituents is 1. The van der Waals surface area contributed by atoms with E-state index in [1.165, 1.54) is 51.5 Å². The lowest BCUT2D eigenvalue weighted by molar-refractivity contribution is 0.0820. The van der Waals surface area contributed by atoms with Gasteiger partial charge in [-0.1, -0.05) is 46.4 Å². The molecule has 9 aromatic rings. The number of rotatable bonds is 10. The van der Waals surface area contributed by atoms with E-state index in [0.717, 1.165) is 50.1 Å². The van der Waals surface area contributed by atoms with Crippen molar-refractivity contribution in [3.05, 3.63) is 186 Å². The number of nitrogens with two attached hydrogens (primary N) is 1. The number of amidine groups is 1. The molecular formula is C67H70Cl8F2N22O8. The van der Waals surface area contributed by atoms with Crippen LogP contribution in [0.15, 0.2) is 115 Å². The summed E-state index contributed by atoms with van der Waals surface area (Å²) in [6.07, 6.45) is 6.14. The minimum atomic E-state index is -0.785. The van der Waals surface area contributed by atoms with Gasteiger partial charge in [0.15, 0.2) is 40.6 Å². The van der Waals surface area contributed by atoms with Gasteiger partial charge >= 0.3 is 6.01 Å². The number of benzene rings is 2. The van der Waals surface area contributed by atoms with Gasteiger partial charge in [-0.3, -0.25) is 14.4 Å². The summed E-state index contributed by atoms with van der Waals surface area (Å²) in [6.45, 7) is 18.6. The van der Waals surface area contributed by atoms with Crippen LogP contribution in [0.5, 0.6) is 17.5 Å². The molecule has 3 amide bonds.